The van der Waals surface area contributed by atoms with Crippen molar-refractivity contribution in [3.63, 3.8) is 0 Å². The number of carbonyl (C=O) groups excluding carboxylic acids is 4. The highest BCUT2D eigenvalue weighted by Crippen LogP contribution is 2.49. The largest absolute Gasteiger partial charge is 0.493 e. The number of methoxy groups -OCH3 is 4. The summed E-state index contributed by atoms with van der Waals surface area (Å²) >= 11 is 3.70. The Morgan fingerprint density at radius 2 is 1.60 bits per heavy atom. The number of hydrogen-bond donors (Lipinski definition) is 2. The lowest BCUT2D eigenvalue weighted by molar-refractivity contribution is -0.143. The third kappa shape index (κ3) is 6.65. The lowest BCUT2D eigenvalue weighted by atomic mass is 9.88. The second-order valence-electron chi connectivity index (χ2n) is 13.9. The Labute approximate surface area is 322 Å². The number of piperidine rings is 2. The molecular weight excluding hydrogens is 774 g/mol. The molecule has 2 fully saturated rings. The Bertz CT molecular complexity index is 1940. The fraction of sp³-hybridized carbons (Fsp3) is 0.514. The van der Waals surface area contributed by atoms with E-state index in [9.17, 15) is 19.2 Å². The minimum absolute atomic E-state index is 0. The molecule has 1 aromatic heterocycles. The topological polar surface area (TPSA) is 152 Å². The van der Waals surface area contributed by atoms with Gasteiger partial charge in [-0.1, -0.05) is 22.4 Å². The Hall–Kier alpha value is -4.21. The number of ketones is 1. The molecule has 2 saturated heterocycles. The van der Waals surface area contributed by atoms with Crippen LogP contribution >= 0.6 is 28.3 Å². The van der Waals surface area contributed by atoms with Gasteiger partial charge in [0.25, 0.3) is 5.91 Å². The number of nitrogens with one attached hydrogen (secondary N) is 2. The molecule has 0 bridgehead atoms. The Balaban J connectivity index is 0.00000481. The Morgan fingerprint density at radius 1 is 0.906 bits per heavy atom. The third-order valence-corrected chi connectivity index (χ3v) is 11.5. The molecule has 0 radical (unpaired) electrons. The number of H-pyrrole nitrogens is 1. The first kappa shape index (κ1) is 38.5. The maximum absolute atomic E-state index is 14.5. The molecular formula is C37H45BrClN5O9. The first-order chi connectivity index (χ1) is 25.0. The maximum atomic E-state index is 14.5. The zero-order valence-corrected chi connectivity index (χ0v) is 32.9. The summed E-state index contributed by atoms with van der Waals surface area (Å²) in [6, 6.07) is 5.49. The van der Waals surface area contributed by atoms with Gasteiger partial charge >= 0.3 is 12.1 Å². The molecule has 53 heavy (non-hydrogen) atoms. The number of amides is 2. The number of benzene rings is 2. The van der Waals surface area contributed by atoms with Crippen LogP contribution < -0.4 is 29.2 Å². The zero-order chi connectivity index (χ0) is 36.9. The van der Waals surface area contributed by atoms with E-state index in [-0.39, 0.29) is 46.5 Å². The molecule has 4 aliphatic heterocycles. The summed E-state index contributed by atoms with van der Waals surface area (Å²) in [5.74, 6) is -0.472. The summed E-state index contributed by atoms with van der Waals surface area (Å²) in [5, 5.41) is 3.70. The maximum Gasteiger partial charge on any atom is 0.415 e. The zero-order valence-electron chi connectivity index (χ0n) is 30.5. The number of aromatic nitrogens is 1. The van der Waals surface area contributed by atoms with Gasteiger partial charge < -0.3 is 48.7 Å². The number of rotatable bonds is 7. The molecule has 2 N–H and O–H groups in total. The van der Waals surface area contributed by atoms with Gasteiger partial charge in [0.05, 0.1) is 50.9 Å². The van der Waals surface area contributed by atoms with Crippen molar-refractivity contribution in [3.05, 3.63) is 35.0 Å². The highest BCUT2D eigenvalue weighted by molar-refractivity contribution is 9.09. The van der Waals surface area contributed by atoms with E-state index >= 15 is 0 Å². The summed E-state index contributed by atoms with van der Waals surface area (Å²) < 4.78 is 27.8. The van der Waals surface area contributed by atoms with Crippen LogP contribution in [0.2, 0.25) is 0 Å². The number of carbonyl (C=O) groups is 4. The van der Waals surface area contributed by atoms with E-state index in [1.54, 1.807) is 28.0 Å². The SMILES string of the molecule is COC(=O)C1(C)Nc2c(OC(=O)N3CCC(N4CCCCC4)CC3)cc3c(c2C1=O)CC(Br)CN3C(=O)c1cc2cc(OC)c(OC)c(OC)c2[nH]1.Cl. The van der Waals surface area contributed by atoms with Crippen LogP contribution in [0.4, 0.5) is 16.2 Å². The minimum atomic E-state index is -1.76. The van der Waals surface area contributed by atoms with Crippen molar-refractivity contribution in [1.82, 2.24) is 14.8 Å². The Morgan fingerprint density at radius 3 is 2.25 bits per heavy atom. The van der Waals surface area contributed by atoms with Gasteiger partial charge in [0.2, 0.25) is 11.5 Å². The third-order valence-electron chi connectivity index (χ3n) is 10.8. The summed E-state index contributed by atoms with van der Waals surface area (Å²) in [7, 11) is 5.74. The van der Waals surface area contributed by atoms with Crippen LogP contribution in [0.25, 0.3) is 10.9 Å². The molecule has 4 aliphatic rings. The van der Waals surface area contributed by atoms with Gasteiger partial charge in [0, 0.05) is 42.0 Å². The number of anilines is 2. The van der Waals surface area contributed by atoms with Gasteiger partial charge in [-0.2, -0.15) is 0 Å². The van der Waals surface area contributed by atoms with Crippen LogP contribution in [0.5, 0.6) is 23.0 Å². The van der Waals surface area contributed by atoms with Crippen LogP contribution in [-0.4, -0.2) is 116 Å². The number of alkyl halides is 1. The van der Waals surface area contributed by atoms with Gasteiger partial charge in [0.1, 0.15) is 5.69 Å². The lowest BCUT2D eigenvalue weighted by Crippen LogP contribution is -2.48. The number of ether oxygens (including phenoxy) is 5. The predicted molar refractivity (Wildman–Crippen MR) is 204 cm³/mol. The van der Waals surface area contributed by atoms with Gasteiger partial charge in [-0.3, -0.25) is 9.59 Å². The smallest absolute Gasteiger partial charge is 0.415 e. The Kier molecular flexibility index (Phi) is 11.1. The molecule has 2 atom stereocenters. The van der Waals surface area contributed by atoms with E-state index in [1.165, 1.54) is 54.6 Å². The molecule has 2 aromatic carbocycles. The van der Waals surface area contributed by atoms with E-state index in [0.29, 0.717) is 65.0 Å². The van der Waals surface area contributed by atoms with Crippen LogP contribution in [0.3, 0.4) is 0 Å². The number of nitrogens with zero attached hydrogens (tertiary/aromatic N) is 3. The molecule has 0 saturated carbocycles. The molecule has 5 heterocycles. The highest BCUT2D eigenvalue weighted by Gasteiger charge is 2.52. The second kappa shape index (κ2) is 15.3. The van der Waals surface area contributed by atoms with Gasteiger partial charge in [-0.25, -0.2) is 9.59 Å². The summed E-state index contributed by atoms with van der Waals surface area (Å²) in [5.41, 5.74) is 0.369. The second-order valence-corrected chi connectivity index (χ2v) is 15.2. The number of hydrogen-bond acceptors (Lipinski definition) is 11. The number of fused-ring (bicyclic) bond motifs is 4. The molecule has 16 heteroatoms. The average Bonchev–Trinajstić information content (AvgIpc) is 3.72. The monoisotopic (exact) mass is 817 g/mol. The fourth-order valence-corrected chi connectivity index (χ4v) is 8.74. The first-order valence-electron chi connectivity index (χ1n) is 17.6. The number of Topliss-reactive ketones (excluding diaryl/α,β-unsaturated/α-hetero) is 1. The molecule has 0 aliphatic carbocycles. The average molecular weight is 819 g/mol. The van der Waals surface area contributed by atoms with E-state index in [0.717, 1.165) is 25.9 Å². The molecule has 286 valence electrons. The van der Waals surface area contributed by atoms with E-state index < -0.39 is 29.3 Å². The number of esters is 1. The molecule has 2 unspecified atom stereocenters. The fourth-order valence-electron chi connectivity index (χ4n) is 8.13. The van der Waals surface area contributed by atoms with Crippen molar-refractivity contribution < 1.29 is 42.9 Å². The van der Waals surface area contributed by atoms with Crippen molar-refractivity contribution in [3.8, 4) is 23.0 Å². The minimum Gasteiger partial charge on any atom is -0.493 e. The number of halogens is 2. The van der Waals surface area contributed by atoms with E-state index in [1.807, 2.05) is 0 Å². The van der Waals surface area contributed by atoms with Crippen LogP contribution in [0.15, 0.2) is 18.2 Å². The summed E-state index contributed by atoms with van der Waals surface area (Å²) in [6.45, 7) is 4.95. The molecule has 3 aromatic rings. The lowest BCUT2D eigenvalue weighted by Gasteiger charge is -2.39. The number of likely N-dealkylation sites (tertiary alicyclic amines) is 2. The van der Waals surface area contributed by atoms with E-state index in [4.69, 9.17) is 23.7 Å². The molecule has 14 nitrogen and oxygen atoms in total. The summed E-state index contributed by atoms with van der Waals surface area (Å²) in [4.78, 5) is 64.2. The molecule has 7 rings (SSSR count). The van der Waals surface area contributed by atoms with Crippen LogP contribution in [0.1, 0.15) is 65.4 Å². The quantitative estimate of drug-likeness (QED) is 0.175. The first-order valence-corrected chi connectivity index (χ1v) is 18.5. The van der Waals surface area contributed by atoms with Gasteiger partial charge in [-0.15, -0.1) is 12.4 Å². The standard InChI is InChI=1S/C37H44BrN5O9.ClH/c1-37(35(46)51-5)33(44)28-23-17-21(38)19-43(34(45)24-15-20-16-27(48-2)31(49-3)32(50-4)29(20)39-24)25(23)18-26(30(28)40-37)52-36(47)42-13-9-22(10-14-42)41-11-7-6-8-12-41;/h15-16,18,21-22,39-40H,6-14,17,19H2,1-5H3;1H. The number of aromatic amines is 1. The van der Waals surface area contributed by atoms with Gasteiger partial charge in [0.15, 0.2) is 22.8 Å². The predicted octanol–water partition coefficient (Wildman–Crippen LogP) is 5.57. The summed E-state index contributed by atoms with van der Waals surface area (Å²) in [6.07, 6.45) is 5.17. The normalized spacial score (nSPS) is 21.6. The van der Waals surface area contributed by atoms with Crippen molar-refractivity contribution in [2.24, 2.45) is 0 Å². The highest BCUT2D eigenvalue weighted by atomic mass is 79.9. The van der Waals surface area contributed by atoms with Crippen molar-refractivity contribution in [2.75, 3.05) is 71.4 Å². The van der Waals surface area contributed by atoms with E-state index in [2.05, 4.69) is 31.1 Å². The van der Waals surface area contributed by atoms with Crippen molar-refractivity contribution in [2.45, 2.75) is 61.9 Å². The van der Waals surface area contributed by atoms with Crippen molar-refractivity contribution >= 4 is 74.4 Å². The van der Waals surface area contributed by atoms with Gasteiger partial charge in [-0.05, 0) is 69.8 Å². The van der Waals surface area contributed by atoms with Crippen LogP contribution in [0, 0.1) is 0 Å². The van der Waals surface area contributed by atoms with Crippen molar-refractivity contribution in [1.29, 1.82) is 0 Å². The molecule has 2 amide bonds. The molecule has 0 spiro atoms. The van der Waals surface area contributed by atoms with Crippen LogP contribution in [-0.2, 0) is 16.0 Å².